The normalized spacial score (nSPS) is 12.8. The van der Waals surface area contributed by atoms with E-state index in [0.717, 1.165) is 6.42 Å². The minimum atomic E-state index is -3.05. The second-order valence-electron chi connectivity index (χ2n) is 5.48. The fourth-order valence-electron chi connectivity index (χ4n) is 1.42. The lowest BCUT2D eigenvalue weighted by Gasteiger charge is -2.15. The first-order valence-corrected chi connectivity index (χ1v) is 11.1. The molecule has 16 heavy (non-hydrogen) atoms. The van der Waals surface area contributed by atoms with Crippen LogP contribution >= 0.6 is 0 Å². The van der Waals surface area contributed by atoms with Crippen LogP contribution in [0.15, 0.2) is 29.2 Å². The van der Waals surface area contributed by atoms with Crippen molar-refractivity contribution in [3.8, 4) is 0 Å². The molecular formula is C12H20O2SSi. The van der Waals surface area contributed by atoms with Crippen LogP contribution in [0.25, 0.3) is 0 Å². The van der Waals surface area contributed by atoms with E-state index in [1.54, 1.807) is 12.1 Å². The van der Waals surface area contributed by atoms with Crippen molar-refractivity contribution in [1.29, 1.82) is 0 Å². The molecule has 0 aliphatic carbocycles. The van der Waals surface area contributed by atoms with Crippen LogP contribution in [0.5, 0.6) is 0 Å². The average Bonchev–Trinajstić information content (AvgIpc) is 2.13. The van der Waals surface area contributed by atoms with Gasteiger partial charge < -0.3 is 0 Å². The van der Waals surface area contributed by atoms with Gasteiger partial charge in [0.15, 0.2) is 9.84 Å². The molecule has 2 nitrogen and oxygen atoms in total. The second-order valence-corrected chi connectivity index (χ2v) is 13.1. The van der Waals surface area contributed by atoms with E-state index in [4.69, 9.17) is 0 Å². The van der Waals surface area contributed by atoms with Gasteiger partial charge in [-0.05, 0) is 24.1 Å². The van der Waals surface area contributed by atoms with Gasteiger partial charge in [-0.1, -0.05) is 37.8 Å². The molecule has 1 aromatic rings. The third kappa shape index (κ3) is 4.49. The van der Waals surface area contributed by atoms with Crippen molar-refractivity contribution in [3.05, 3.63) is 29.8 Å². The largest absolute Gasteiger partial charge is 0.224 e. The van der Waals surface area contributed by atoms with Gasteiger partial charge >= 0.3 is 0 Å². The molecule has 1 aromatic carbocycles. The Balaban J connectivity index is 2.73. The van der Waals surface area contributed by atoms with Crippen molar-refractivity contribution in [2.45, 2.75) is 37.0 Å². The first-order chi connectivity index (χ1) is 7.18. The maximum Gasteiger partial charge on any atom is 0.175 e. The highest BCUT2D eigenvalue weighted by molar-refractivity contribution is 7.90. The highest BCUT2D eigenvalue weighted by Gasteiger charge is 2.13. The summed E-state index contributed by atoms with van der Waals surface area (Å²) in [6, 6.07) is 8.50. The van der Waals surface area contributed by atoms with Crippen molar-refractivity contribution in [2.75, 3.05) is 6.26 Å². The third-order valence-corrected chi connectivity index (χ3v) is 5.39. The summed E-state index contributed by atoms with van der Waals surface area (Å²) in [5, 5.41) is 0. The Labute approximate surface area is 99.6 Å². The van der Waals surface area contributed by atoms with Gasteiger partial charge in [0.25, 0.3) is 0 Å². The summed E-state index contributed by atoms with van der Waals surface area (Å²) in [7, 11) is -4.06. The van der Waals surface area contributed by atoms with Crippen molar-refractivity contribution < 1.29 is 8.42 Å². The first-order valence-electron chi connectivity index (χ1n) is 5.47. The van der Waals surface area contributed by atoms with E-state index in [2.05, 4.69) is 19.6 Å². The Morgan fingerprint density at radius 3 is 1.94 bits per heavy atom. The molecule has 0 aliphatic heterocycles. The summed E-state index contributed by atoms with van der Waals surface area (Å²) in [6.45, 7) is 7.04. The summed E-state index contributed by atoms with van der Waals surface area (Å²) in [5.41, 5.74) is 1.23. The summed E-state index contributed by atoms with van der Waals surface area (Å²) >= 11 is 0. The number of aryl methyl sites for hydroxylation is 1. The Kier molecular flexibility index (Phi) is 3.96. The van der Waals surface area contributed by atoms with E-state index in [-0.39, 0.29) is 0 Å². The Morgan fingerprint density at radius 2 is 1.56 bits per heavy atom. The number of rotatable bonds is 4. The van der Waals surface area contributed by atoms with Crippen LogP contribution in [0, 0.1) is 0 Å². The molecule has 0 amide bonds. The molecule has 0 bridgehead atoms. The summed E-state index contributed by atoms with van der Waals surface area (Å²) in [5.74, 6) is 0. The Bertz CT molecular complexity index is 441. The van der Waals surface area contributed by atoms with E-state index in [1.807, 2.05) is 12.1 Å². The summed E-state index contributed by atoms with van der Waals surface area (Å²) in [4.78, 5) is 0.407. The van der Waals surface area contributed by atoms with Gasteiger partial charge in [-0.15, -0.1) is 0 Å². The minimum absolute atomic E-state index is 0.407. The number of benzene rings is 1. The minimum Gasteiger partial charge on any atom is -0.224 e. The molecule has 0 aliphatic rings. The lowest BCUT2D eigenvalue weighted by atomic mass is 10.2. The van der Waals surface area contributed by atoms with E-state index >= 15 is 0 Å². The monoisotopic (exact) mass is 256 g/mol. The van der Waals surface area contributed by atoms with Gasteiger partial charge in [-0.2, -0.15) is 0 Å². The predicted molar refractivity (Wildman–Crippen MR) is 71.4 cm³/mol. The zero-order valence-corrected chi connectivity index (χ0v) is 12.3. The molecule has 0 saturated carbocycles. The van der Waals surface area contributed by atoms with E-state index in [1.165, 1.54) is 17.9 Å². The van der Waals surface area contributed by atoms with Crippen molar-refractivity contribution in [2.24, 2.45) is 0 Å². The van der Waals surface area contributed by atoms with Gasteiger partial charge in [0, 0.05) is 14.3 Å². The van der Waals surface area contributed by atoms with Crippen molar-refractivity contribution >= 4 is 17.9 Å². The zero-order valence-electron chi connectivity index (χ0n) is 10.4. The average molecular weight is 256 g/mol. The molecule has 0 saturated heterocycles. The predicted octanol–water partition coefficient (Wildman–Crippen LogP) is 2.97. The smallest absolute Gasteiger partial charge is 0.175 e. The maximum atomic E-state index is 11.3. The van der Waals surface area contributed by atoms with Crippen LogP contribution in [0.2, 0.25) is 25.7 Å². The van der Waals surface area contributed by atoms with Crippen LogP contribution in [-0.4, -0.2) is 22.7 Å². The molecule has 0 N–H and O–H groups in total. The van der Waals surface area contributed by atoms with E-state index in [9.17, 15) is 8.42 Å². The van der Waals surface area contributed by atoms with Crippen LogP contribution in [0.4, 0.5) is 0 Å². The Hall–Kier alpha value is -0.613. The SMILES string of the molecule is C[Si](C)(C)CCc1ccc(S(C)(=O)=O)cc1. The Morgan fingerprint density at radius 1 is 1.06 bits per heavy atom. The molecule has 0 fully saturated rings. The molecule has 90 valence electrons. The van der Waals surface area contributed by atoms with Crippen molar-refractivity contribution in [1.82, 2.24) is 0 Å². The molecule has 0 atom stereocenters. The first kappa shape index (κ1) is 13.5. The summed E-state index contributed by atoms with van der Waals surface area (Å²) < 4.78 is 22.5. The van der Waals surface area contributed by atoms with Gasteiger partial charge in [0.2, 0.25) is 0 Å². The van der Waals surface area contributed by atoms with Crippen molar-refractivity contribution in [3.63, 3.8) is 0 Å². The highest BCUT2D eigenvalue weighted by atomic mass is 32.2. The lowest BCUT2D eigenvalue weighted by molar-refractivity contribution is 0.602. The van der Waals surface area contributed by atoms with E-state index < -0.39 is 17.9 Å². The maximum absolute atomic E-state index is 11.3. The number of hydrogen-bond acceptors (Lipinski definition) is 2. The van der Waals surface area contributed by atoms with Crippen LogP contribution in [0.1, 0.15) is 5.56 Å². The van der Waals surface area contributed by atoms with Gasteiger partial charge in [-0.3, -0.25) is 0 Å². The quantitative estimate of drug-likeness (QED) is 0.776. The van der Waals surface area contributed by atoms with E-state index in [0.29, 0.717) is 4.90 Å². The van der Waals surface area contributed by atoms with Crippen LogP contribution in [0.3, 0.4) is 0 Å². The molecule has 0 radical (unpaired) electrons. The topological polar surface area (TPSA) is 34.1 Å². The molecular weight excluding hydrogens is 236 g/mol. The summed E-state index contributed by atoms with van der Waals surface area (Å²) in [6.07, 6.45) is 2.30. The highest BCUT2D eigenvalue weighted by Crippen LogP contribution is 2.16. The lowest BCUT2D eigenvalue weighted by Crippen LogP contribution is -2.19. The standard InChI is InChI=1S/C12H20O2SSi/c1-15(13,14)12-7-5-11(6-8-12)9-10-16(2,3)4/h5-8H,9-10H2,1-4H3. The van der Waals surface area contributed by atoms with Gasteiger partial charge in [0.05, 0.1) is 4.90 Å². The second kappa shape index (κ2) is 4.71. The van der Waals surface area contributed by atoms with Gasteiger partial charge in [-0.25, -0.2) is 8.42 Å². The van der Waals surface area contributed by atoms with Crippen LogP contribution in [-0.2, 0) is 16.3 Å². The molecule has 0 spiro atoms. The molecule has 1 rings (SSSR count). The van der Waals surface area contributed by atoms with Crippen LogP contribution < -0.4 is 0 Å². The zero-order chi connectivity index (χ0) is 12.4. The fourth-order valence-corrected chi connectivity index (χ4v) is 3.09. The van der Waals surface area contributed by atoms with Gasteiger partial charge in [0.1, 0.15) is 0 Å². The molecule has 0 aromatic heterocycles. The molecule has 4 heteroatoms. The molecule has 0 heterocycles. The number of sulfone groups is 1. The third-order valence-electron chi connectivity index (χ3n) is 2.52. The number of hydrogen-bond donors (Lipinski definition) is 0. The molecule has 0 unspecified atom stereocenters. The fraction of sp³-hybridized carbons (Fsp3) is 0.500.